The highest BCUT2D eigenvalue weighted by atomic mass is 15.1. The van der Waals surface area contributed by atoms with Gasteiger partial charge >= 0.3 is 0 Å². The Kier molecular flexibility index (Phi) is 4.04. The number of hydrogen-bond donors (Lipinski definition) is 1. The second-order valence-corrected chi connectivity index (χ2v) is 6.07. The zero-order valence-electron chi connectivity index (χ0n) is 12.3. The molecule has 1 heterocycles. The molecule has 2 aromatic carbocycles. The van der Waals surface area contributed by atoms with Gasteiger partial charge in [-0.2, -0.15) is 0 Å². The van der Waals surface area contributed by atoms with E-state index in [1.165, 1.54) is 42.1 Å². The third-order valence-electron chi connectivity index (χ3n) is 4.68. The van der Waals surface area contributed by atoms with Crippen molar-refractivity contribution in [3.8, 4) is 0 Å². The molecule has 0 radical (unpaired) electrons. The van der Waals surface area contributed by atoms with Crippen LogP contribution in [0.1, 0.15) is 37.3 Å². The molecule has 0 aliphatic carbocycles. The van der Waals surface area contributed by atoms with Gasteiger partial charge in [-0.15, -0.1) is 0 Å². The van der Waals surface area contributed by atoms with Gasteiger partial charge in [-0.05, 0) is 61.7 Å². The monoisotopic (exact) mass is 268 g/mol. The first-order valence-corrected chi connectivity index (χ1v) is 7.68. The van der Waals surface area contributed by atoms with E-state index < -0.39 is 0 Å². The summed E-state index contributed by atoms with van der Waals surface area (Å²) in [6.07, 6.45) is 4.96. The predicted molar refractivity (Wildman–Crippen MR) is 85.8 cm³/mol. The number of hydrogen-bond acceptors (Lipinski definition) is 2. The van der Waals surface area contributed by atoms with Crippen molar-refractivity contribution in [3.05, 3.63) is 48.0 Å². The first-order chi connectivity index (χ1) is 9.74. The van der Waals surface area contributed by atoms with Crippen molar-refractivity contribution in [2.75, 3.05) is 13.6 Å². The summed E-state index contributed by atoms with van der Waals surface area (Å²) >= 11 is 0. The van der Waals surface area contributed by atoms with Crippen LogP contribution >= 0.6 is 0 Å². The Morgan fingerprint density at radius 3 is 2.75 bits per heavy atom. The highest BCUT2D eigenvalue weighted by Gasteiger charge is 2.21. The average molecular weight is 268 g/mol. The number of benzene rings is 2. The Bertz CT molecular complexity index is 578. The van der Waals surface area contributed by atoms with Crippen molar-refractivity contribution >= 4 is 10.8 Å². The van der Waals surface area contributed by atoms with Crippen LogP contribution in [-0.2, 0) is 0 Å². The van der Waals surface area contributed by atoms with Crippen molar-refractivity contribution in [1.29, 1.82) is 0 Å². The topological polar surface area (TPSA) is 29.3 Å². The standard InChI is InChI=1S/C18H24N2/c1-20-12-4-7-17(20)10-11-18(19)16-9-8-14-5-2-3-6-15(14)13-16/h2-3,5-6,8-9,13,17-18H,4,7,10-12,19H2,1H3. The summed E-state index contributed by atoms with van der Waals surface area (Å²) in [6.45, 7) is 1.25. The molecule has 1 aliphatic heterocycles. The number of rotatable bonds is 4. The van der Waals surface area contributed by atoms with Crippen molar-refractivity contribution in [2.45, 2.75) is 37.8 Å². The molecule has 106 valence electrons. The number of nitrogens with two attached hydrogens (primary N) is 1. The van der Waals surface area contributed by atoms with E-state index in [1.807, 2.05) is 0 Å². The molecule has 0 aromatic heterocycles. The van der Waals surface area contributed by atoms with Gasteiger partial charge in [0.15, 0.2) is 0 Å². The van der Waals surface area contributed by atoms with Gasteiger partial charge in [0.05, 0.1) is 0 Å². The zero-order valence-corrected chi connectivity index (χ0v) is 12.3. The van der Waals surface area contributed by atoms with E-state index in [-0.39, 0.29) is 6.04 Å². The zero-order chi connectivity index (χ0) is 13.9. The first-order valence-electron chi connectivity index (χ1n) is 7.68. The lowest BCUT2D eigenvalue weighted by Gasteiger charge is -2.21. The Morgan fingerprint density at radius 2 is 2.00 bits per heavy atom. The molecule has 0 bridgehead atoms. The molecule has 20 heavy (non-hydrogen) atoms. The van der Waals surface area contributed by atoms with Gasteiger partial charge in [0.2, 0.25) is 0 Å². The molecule has 2 heteroatoms. The van der Waals surface area contributed by atoms with Gasteiger partial charge in [-0.3, -0.25) is 0 Å². The van der Waals surface area contributed by atoms with Gasteiger partial charge in [0.1, 0.15) is 0 Å². The lowest BCUT2D eigenvalue weighted by molar-refractivity contribution is 0.286. The summed E-state index contributed by atoms with van der Waals surface area (Å²) in [6, 6.07) is 16.0. The molecule has 0 amide bonds. The van der Waals surface area contributed by atoms with Crippen molar-refractivity contribution in [2.24, 2.45) is 5.73 Å². The minimum atomic E-state index is 0.161. The third kappa shape index (κ3) is 2.87. The van der Waals surface area contributed by atoms with E-state index in [1.54, 1.807) is 0 Å². The fraction of sp³-hybridized carbons (Fsp3) is 0.444. The molecule has 3 rings (SSSR count). The van der Waals surface area contributed by atoms with Crippen LogP contribution in [0.4, 0.5) is 0 Å². The average Bonchev–Trinajstić information content (AvgIpc) is 2.89. The van der Waals surface area contributed by atoms with Gasteiger partial charge in [0.25, 0.3) is 0 Å². The third-order valence-corrected chi connectivity index (χ3v) is 4.68. The Balaban J connectivity index is 1.67. The van der Waals surface area contributed by atoms with Gasteiger partial charge in [-0.25, -0.2) is 0 Å². The number of likely N-dealkylation sites (tertiary alicyclic amines) is 1. The maximum absolute atomic E-state index is 6.39. The predicted octanol–water partition coefficient (Wildman–Crippen LogP) is 3.71. The quantitative estimate of drug-likeness (QED) is 0.916. The fourth-order valence-electron chi connectivity index (χ4n) is 3.32. The highest BCUT2D eigenvalue weighted by molar-refractivity contribution is 5.83. The second-order valence-electron chi connectivity index (χ2n) is 6.07. The molecular weight excluding hydrogens is 244 g/mol. The minimum Gasteiger partial charge on any atom is -0.324 e. The minimum absolute atomic E-state index is 0.161. The summed E-state index contributed by atoms with van der Waals surface area (Å²) in [5.41, 5.74) is 7.66. The smallest absolute Gasteiger partial charge is 0.0295 e. The molecular formula is C18H24N2. The van der Waals surface area contributed by atoms with Crippen LogP contribution in [0.2, 0.25) is 0 Å². The van der Waals surface area contributed by atoms with Crippen LogP contribution in [-0.4, -0.2) is 24.5 Å². The van der Waals surface area contributed by atoms with E-state index in [9.17, 15) is 0 Å². The largest absolute Gasteiger partial charge is 0.324 e. The van der Waals surface area contributed by atoms with Gasteiger partial charge < -0.3 is 10.6 Å². The van der Waals surface area contributed by atoms with Crippen LogP contribution in [0.5, 0.6) is 0 Å². The molecule has 1 saturated heterocycles. The Morgan fingerprint density at radius 1 is 1.20 bits per heavy atom. The van der Waals surface area contributed by atoms with Crippen LogP contribution in [0.3, 0.4) is 0 Å². The normalized spacial score (nSPS) is 21.4. The second kappa shape index (κ2) is 5.94. The van der Waals surface area contributed by atoms with Crippen molar-refractivity contribution < 1.29 is 0 Å². The summed E-state index contributed by atoms with van der Waals surface area (Å²) in [7, 11) is 2.24. The molecule has 1 fully saturated rings. The molecule has 0 spiro atoms. The summed E-state index contributed by atoms with van der Waals surface area (Å²) < 4.78 is 0. The molecule has 2 atom stereocenters. The van der Waals surface area contributed by atoms with Crippen LogP contribution in [0, 0.1) is 0 Å². The fourth-order valence-corrected chi connectivity index (χ4v) is 3.32. The maximum Gasteiger partial charge on any atom is 0.0295 e. The van der Waals surface area contributed by atoms with E-state index in [0.29, 0.717) is 0 Å². The lowest BCUT2D eigenvalue weighted by atomic mass is 9.97. The molecule has 1 aliphatic rings. The molecule has 2 unspecified atom stereocenters. The number of fused-ring (bicyclic) bond motifs is 1. The first kappa shape index (κ1) is 13.6. The van der Waals surface area contributed by atoms with Crippen LogP contribution in [0.15, 0.2) is 42.5 Å². The number of nitrogens with zero attached hydrogens (tertiary/aromatic N) is 1. The SMILES string of the molecule is CN1CCCC1CCC(N)c1ccc2ccccc2c1. The van der Waals surface area contributed by atoms with Gasteiger partial charge in [-0.1, -0.05) is 36.4 Å². The lowest BCUT2D eigenvalue weighted by Crippen LogP contribution is -2.26. The summed E-state index contributed by atoms with van der Waals surface area (Å²) in [5.74, 6) is 0. The molecule has 0 saturated carbocycles. The van der Waals surface area contributed by atoms with Crippen LogP contribution in [0.25, 0.3) is 10.8 Å². The molecule has 2 nitrogen and oxygen atoms in total. The van der Waals surface area contributed by atoms with Crippen molar-refractivity contribution in [3.63, 3.8) is 0 Å². The Hall–Kier alpha value is -1.38. The van der Waals surface area contributed by atoms with Gasteiger partial charge in [0, 0.05) is 12.1 Å². The van der Waals surface area contributed by atoms with Crippen LogP contribution < -0.4 is 5.73 Å². The highest BCUT2D eigenvalue weighted by Crippen LogP contribution is 2.25. The van der Waals surface area contributed by atoms with E-state index >= 15 is 0 Å². The van der Waals surface area contributed by atoms with E-state index in [0.717, 1.165) is 12.5 Å². The summed E-state index contributed by atoms with van der Waals surface area (Å²) in [4.78, 5) is 2.48. The molecule has 2 N–H and O–H groups in total. The molecule has 2 aromatic rings. The van der Waals surface area contributed by atoms with E-state index in [2.05, 4.69) is 54.4 Å². The van der Waals surface area contributed by atoms with E-state index in [4.69, 9.17) is 5.73 Å². The Labute approximate surface area is 121 Å². The summed E-state index contributed by atoms with van der Waals surface area (Å²) in [5, 5.41) is 2.58. The maximum atomic E-state index is 6.39. The van der Waals surface area contributed by atoms with Crippen molar-refractivity contribution in [1.82, 2.24) is 4.90 Å².